The van der Waals surface area contributed by atoms with E-state index in [4.69, 9.17) is 69.6 Å². The van der Waals surface area contributed by atoms with Crippen molar-refractivity contribution in [2.45, 2.75) is 58.4 Å². The van der Waals surface area contributed by atoms with E-state index in [9.17, 15) is 4.79 Å². The first-order valence-electron chi connectivity index (χ1n) is 8.77. The van der Waals surface area contributed by atoms with Gasteiger partial charge in [0.2, 0.25) is 7.59 Å². The number of nitrogens with one attached hydrogen (secondary N) is 2. The zero-order valence-corrected chi connectivity index (χ0v) is 18.8. The first-order valence-corrected chi connectivity index (χ1v) is 11.0. The van der Waals surface area contributed by atoms with Gasteiger partial charge < -0.3 is 10.6 Å². The molecule has 2 atom stereocenters. The molecule has 2 aliphatic rings. The van der Waals surface area contributed by atoms with Gasteiger partial charge in [-0.25, -0.2) is 4.79 Å². The molecule has 0 aromatic heterocycles. The smallest absolute Gasteiger partial charge is 0.317 e. The number of rotatable bonds is 4. The molecule has 2 fully saturated rings. The molecule has 0 aromatic carbocycles. The number of likely N-dealkylation sites (tertiary alicyclic amines) is 2. The number of hydrogen-bond acceptors (Lipinski definition) is 3. The Morgan fingerprint density at radius 1 is 0.654 bits per heavy atom. The highest BCUT2D eigenvalue weighted by atomic mass is 35.6. The zero-order valence-electron chi connectivity index (χ0n) is 14.3. The van der Waals surface area contributed by atoms with Crippen LogP contribution >= 0.6 is 69.6 Å². The van der Waals surface area contributed by atoms with Crippen molar-refractivity contribution in [1.29, 1.82) is 0 Å². The van der Waals surface area contributed by atoms with E-state index in [0.717, 1.165) is 64.7 Å². The van der Waals surface area contributed by atoms with E-state index in [1.54, 1.807) is 0 Å². The van der Waals surface area contributed by atoms with E-state index in [1.807, 2.05) is 9.80 Å². The molecule has 0 saturated carbocycles. The zero-order chi connectivity index (χ0) is 19.4. The molecule has 2 N–H and O–H groups in total. The number of hydrogen-bond donors (Lipinski definition) is 2. The van der Waals surface area contributed by atoms with Gasteiger partial charge in [-0.1, -0.05) is 82.4 Å². The molecule has 152 valence electrons. The van der Waals surface area contributed by atoms with Crippen molar-refractivity contribution in [3.63, 3.8) is 0 Å². The van der Waals surface area contributed by atoms with E-state index in [2.05, 4.69) is 10.6 Å². The average molecular weight is 489 g/mol. The molecular formula is C15H24Cl6N4O. The van der Waals surface area contributed by atoms with Crippen LogP contribution in [-0.4, -0.2) is 61.9 Å². The summed E-state index contributed by atoms with van der Waals surface area (Å²) in [6.45, 7) is 3.00. The Morgan fingerprint density at radius 3 is 1.23 bits per heavy atom. The third-order valence-corrected chi connectivity index (χ3v) is 5.91. The fourth-order valence-electron chi connectivity index (χ4n) is 3.40. The van der Waals surface area contributed by atoms with Gasteiger partial charge in [-0.05, 0) is 25.7 Å². The second kappa shape index (κ2) is 10.1. The van der Waals surface area contributed by atoms with Gasteiger partial charge in [-0.2, -0.15) is 0 Å². The van der Waals surface area contributed by atoms with Gasteiger partial charge in [0.1, 0.15) is 12.3 Å². The summed E-state index contributed by atoms with van der Waals surface area (Å²) in [4.78, 5) is 16.5. The van der Waals surface area contributed by atoms with Crippen LogP contribution in [-0.2, 0) is 0 Å². The highest BCUT2D eigenvalue weighted by molar-refractivity contribution is 6.68. The molecular weight excluding hydrogens is 465 g/mol. The monoisotopic (exact) mass is 486 g/mol. The predicted molar refractivity (Wildman–Crippen MR) is 111 cm³/mol. The lowest BCUT2D eigenvalue weighted by Gasteiger charge is -2.41. The van der Waals surface area contributed by atoms with E-state index >= 15 is 0 Å². The minimum absolute atomic E-state index is 0.534. The molecule has 5 nitrogen and oxygen atoms in total. The fraction of sp³-hybridized carbons (Fsp3) is 0.933. The van der Waals surface area contributed by atoms with Gasteiger partial charge in [0.25, 0.3) is 0 Å². The van der Waals surface area contributed by atoms with Crippen LogP contribution in [0.15, 0.2) is 0 Å². The maximum Gasteiger partial charge on any atom is 0.317 e. The quantitative estimate of drug-likeness (QED) is 0.566. The number of carbonyl (C=O) groups is 1. The summed E-state index contributed by atoms with van der Waals surface area (Å²) in [5, 5.41) is 5.49. The molecule has 2 rings (SSSR count). The van der Waals surface area contributed by atoms with Crippen LogP contribution in [0.4, 0.5) is 4.79 Å². The van der Waals surface area contributed by atoms with E-state index in [0.29, 0.717) is 0 Å². The standard InChI is InChI=1S/C15H24Cl6N4O/c16-14(17,18)11(24-7-3-1-4-8-24)22-13(26)23-12(15(19,20)21)25-9-5-2-6-10-25/h11-12H,1-10H2,(H2,22,23,26)/t11-,12+. The normalized spacial score (nSPS) is 23.3. The molecule has 0 unspecified atom stereocenters. The largest absolute Gasteiger partial charge is 0.318 e. The Hall–Kier alpha value is 0.930. The summed E-state index contributed by atoms with van der Waals surface area (Å²) in [5.74, 6) is 0. The van der Waals surface area contributed by atoms with Crippen LogP contribution in [0.3, 0.4) is 0 Å². The maximum absolute atomic E-state index is 12.6. The van der Waals surface area contributed by atoms with Crippen molar-refractivity contribution in [3.05, 3.63) is 0 Å². The fourth-order valence-corrected chi connectivity index (χ4v) is 4.56. The molecule has 26 heavy (non-hydrogen) atoms. The molecule has 0 aliphatic carbocycles. The van der Waals surface area contributed by atoms with E-state index in [-0.39, 0.29) is 0 Å². The lowest BCUT2D eigenvalue weighted by atomic mass is 10.1. The summed E-state index contributed by atoms with van der Waals surface area (Å²) in [6, 6.07) is -0.534. The third-order valence-electron chi connectivity index (χ3n) is 4.67. The average Bonchev–Trinajstić information content (AvgIpc) is 2.57. The molecule has 0 spiro atoms. The number of urea groups is 1. The molecule has 0 bridgehead atoms. The lowest BCUT2D eigenvalue weighted by Crippen LogP contribution is -2.63. The number of nitrogens with zero attached hydrogens (tertiary/aromatic N) is 2. The second-order valence-electron chi connectivity index (χ2n) is 6.70. The summed E-state index contributed by atoms with van der Waals surface area (Å²) < 4.78 is -3.34. The van der Waals surface area contributed by atoms with Crippen molar-refractivity contribution in [2.75, 3.05) is 26.2 Å². The van der Waals surface area contributed by atoms with Crippen LogP contribution in [0, 0.1) is 0 Å². The van der Waals surface area contributed by atoms with Crippen molar-refractivity contribution >= 4 is 75.6 Å². The molecule has 2 amide bonds. The van der Waals surface area contributed by atoms with Gasteiger partial charge in [0.05, 0.1) is 0 Å². The SMILES string of the molecule is O=C(N[C@H](N1CCCCC1)C(Cl)(Cl)Cl)N[C@@H](N1CCCCC1)C(Cl)(Cl)Cl. The van der Waals surface area contributed by atoms with Gasteiger partial charge in [-0.3, -0.25) is 9.80 Å². The number of carbonyl (C=O) groups excluding carboxylic acids is 1. The summed E-state index contributed by atoms with van der Waals surface area (Å²) in [6.07, 6.45) is 4.70. The van der Waals surface area contributed by atoms with Gasteiger partial charge in [0.15, 0.2) is 0 Å². The van der Waals surface area contributed by atoms with E-state index in [1.165, 1.54) is 0 Å². The number of halogens is 6. The molecule has 2 saturated heterocycles. The number of alkyl halides is 6. The number of piperidine rings is 2. The van der Waals surface area contributed by atoms with Gasteiger partial charge >= 0.3 is 6.03 Å². The minimum Gasteiger partial charge on any atom is -0.318 e. The molecule has 2 aliphatic heterocycles. The highest BCUT2D eigenvalue weighted by Gasteiger charge is 2.42. The van der Waals surface area contributed by atoms with E-state index < -0.39 is 25.9 Å². The topological polar surface area (TPSA) is 47.6 Å². The Bertz CT molecular complexity index is 418. The molecule has 0 radical (unpaired) electrons. The molecule has 11 heteroatoms. The van der Waals surface area contributed by atoms with Crippen LogP contribution < -0.4 is 10.6 Å². The van der Waals surface area contributed by atoms with Crippen molar-refractivity contribution in [3.8, 4) is 0 Å². The van der Waals surface area contributed by atoms with Crippen LogP contribution in [0.25, 0.3) is 0 Å². The van der Waals surface area contributed by atoms with Gasteiger partial charge in [-0.15, -0.1) is 0 Å². The third kappa shape index (κ3) is 7.07. The maximum atomic E-state index is 12.6. The molecule has 2 heterocycles. The van der Waals surface area contributed by atoms with Crippen molar-refractivity contribution in [1.82, 2.24) is 20.4 Å². The van der Waals surface area contributed by atoms with Crippen molar-refractivity contribution in [2.24, 2.45) is 0 Å². The first-order chi connectivity index (χ1) is 12.1. The molecule has 0 aromatic rings. The minimum atomic E-state index is -1.67. The Kier molecular flexibility index (Phi) is 9.02. The Labute approximate surface area is 184 Å². The second-order valence-corrected chi connectivity index (χ2v) is 11.4. The lowest BCUT2D eigenvalue weighted by molar-refractivity contribution is 0.123. The highest BCUT2D eigenvalue weighted by Crippen LogP contribution is 2.35. The van der Waals surface area contributed by atoms with Gasteiger partial charge in [0, 0.05) is 26.2 Å². The van der Waals surface area contributed by atoms with Crippen LogP contribution in [0.5, 0.6) is 0 Å². The Morgan fingerprint density at radius 2 is 0.962 bits per heavy atom. The predicted octanol–water partition coefficient (Wildman–Crippen LogP) is 4.65. The summed E-state index contributed by atoms with van der Waals surface area (Å²) >= 11 is 36.7. The first kappa shape index (κ1) is 23.2. The summed E-state index contributed by atoms with van der Waals surface area (Å²) in [5.41, 5.74) is 0. The van der Waals surface area contributed by atoms with Crippen LogP contribution in [0.1, 0.15) is 38.5 Å². The number of amides is 2. The van der Waals surface area contributed by atoms with Crippen LogP contribution in [0.2, 0.25) is 0 Å². The summed E-state index contributed by atoms with van der Waals surface area (Å²) in [7, 11) is 0. The Balaban J connectivity index is 2.04. The van der Waals surface area contributed by atoms with Crippen molar-refractivity contribution < 1.29 is 4.79 Å².